The zero-order valence-corrected chi connectivity index (χ0v) is 23.1. The van der Waals surface area contributed by atoms with Crippen LogP contribution in [0.2, 0.25) is 0 Å². The lowest BCUT2D eigenvalue weighted by Gasteiger charge is -2.24. The predicted molar refractivity (Wildman–Crippen MR) is 145 cm³/mol. The van der Waals surface area contributed by atoms with Gasteiger partial charge in [-0.3, -0.25) is 4.79 Å². The van der Waals surface area contributed by atoms with Gasteiger partial charge in [0.2, 0.25) is 15.9 Å². The summed E-state index contributed by atoms with van der Waals surface area (Å²) in [6, 6.07) is 12.7. The lowest BCUT2D eigenvalue weighted by Crippen LogP contribution is -2.35. The number of sulfonamides is 1. The third-order valence-electron chi connectivity index (χ3n) is 7.29. The van der Waals surface area contributed by atoms with Crippen molar-refractivity contribution >= 4 is 27.0 Å². The van der Waals surface area contributed by atoms with E-state index >= 15 is 0 Å². The molecule has 1 unspecified atom stereocenters. The summed E-state index contributed by atoms with van der Waals surface area (Å²) in [6.45, 7) is 8.62. The number of ether oxygens (including phenoxy) is 1. The van der Waals surface area contributed by atoms with Crippen LogP contribution in [0.25, 0.3) is 11.0 Å². The number of aliphatic carboxylic acids is 1. The lowest BCUT2D eigenvalue weighted by molar-refractivity contribution is -0.137. The minimum absolute atomic E-state index is 0.0379. The second kappa shape index (κ2) is 10.4. The van der Waals surface area contributed by atoms with Crippen LogP contribution in [0.1, 0.15) is 54.0 Å². The van der Waals surface area contributed by atoms with E-state index in [1.165, 1.54) is 16.6 Å². The molecule has 2 atom stereocenters. The van der Waals surface area contributed by atoms with E-state index in [2.05, 4.69) is 15.3 Å². The Morgan fingerprint density at radius 1 is 1.21 bits per heavy atom. The summed E-state index contributed by atoms with van der Waals surface area (Å²) in [7, 11) is -3.87. The molecule has 0 spiro atoms. The van der Waals surface area contributed by atoms with Crippen LogP contribution in [0.5, 0.6) is 5.88 Å². The first-order chi connectivity index (χ1) is 18.6. The summed E-state index contributed by atoms with van der Waals surface area (Å²) in [5.74, 6) is -1.28. The Labute approximate surface area is 227 Å². The molecule has 3 heterocycles. The SMILES string of the molecule is CCn1nnc2c(C)c(C(CC(=O)O)c3ccc(C)c(CN4C[C@@H](C)Oc5ncccc5S4(=O)=O)c3)ccc21. The second-order valence-corrected chi connectivity index (χ2v) is 11.8. The van der Waals surface area contributed by atoms with Crippen LogP contribution >= 0.6 is 0 Å². The molecule has 4 aromatic rings. The number of hydrogen-bond donors (Lipinski definition) is 1. The molecule has 10 nitrogen and oxygen atoms in total. The van der Waals surface area contributed by atoms with Gasteiger partial charge in [0, 0.05) is 25.2 Å². The van der Waals surface area contributed by atoms with Crippen molar-refractivity contribution in [3.05, 3.63) is 76.5 Å². The van der Waals surface area contributed by atoms with Gasteiger partial charge in [-0.05, 0) is 73.7 Å². The summed E-state index contributed by atoms with van der Waals surface area (Å²) >= 11 is 0. The number of carbonyl (C=O) groups is 1. The van der Waals surface area contributed by atoms with Crippen LogP contribution < -0.4 is 4.74 Å². The van der Waals surface area contributed by atoms with E-state index in [1.54, 1.807) is 6.07 Å². The van der Waals surface area contributed by atoms with E-state index in [-0.39, 0.29) is 30.3 Å². The van der Waals surface area contributed by atoms with Crippen LogP contribution in [0, 0.1) is 13.8 Å². The largest absolute Gasteiger partial charge is 0.481 e. The summed E-state index contributed by atoms with van der Waals surface area (Å²) in [4.78, 5) is 16.2. The highest BCUT2D eigenvalue weighted by Gasteiger charge is 2.34. The van der Waals surface area contributed by atoms with Crippen LogP contribution in [0.15, 0.2) is 53.6 Å². The maximum Gasteiger partial charge on any atom is 0.304 e. The maximum absolute atomic E-state index is 13.6. The van der Waals surface area contributed by atoms with Crippen molar-refractivity contribution in [2.75, 3.05) is 6.54 Å². The Morgan fingerprint density at radius 2 is 2.00 bits per heavy atom. The number of aromatic nitrogens is 4. The number of nitrogens with zero attached hydrogens (tertiary/aromatic N) is 5. The summed E-state index contributed by atoms with van der Waals surface area (Å²) in [5.41, 5.74) is 5.87. The molecule has 2 aromatic heterocycles. The van der Waals surface area contributed by atoms with Gasteiger partial charge in [0.1, 0.15) is 16.5 Å². The van der Waals surface area contributed by atoms with E-state index in [0.717, 1.165) is 38.9 Å². The average molecular weight is 550 g/mol. The van der Waals surface area contributed by atoms with Crippen molar-refractivity contribution in [2.24, 2.45) is 0 Å². The third-order valence-corrected chi connectivity index (χ3v) is 9.11. The normalized spacial score (nSPS) is 17.8. The van der Waals surface area contributed by atoms with Crippen molar-refractivity contribution in [2.45, 2.75) is 64.1 Å². The molecule has 1 aliphatic heterocycles. The van der Waals surface area contributed by atoms with E-state index in [9.17, 15) is 18.3 Å². The third kappa shape index (κ3) is 4.99. The van der Waals surface area contributed by atoms with Gasteiger partial charge in [0.15, 0.2) is 0 Å². The highest BCUT2D eigenvalue weighted by molar-refractivity contribution is 7.89. The Morgan fingerprint density at radius 3 is 2.74 bits per heavy atom. The first-order valence-electron chi connectivity index (χ1n) is 12.9. The predicted octanol–water partition coefficient (Wildman–Crippen LogP) is 4.04. The molecule has 0 bridgehead atoms. The smallest absolute Gasteiger partial charge is 0.304 e. The molecule has 204 valence electrons. The minimum atomic E-state index is -3.87. The van der Waals surface area contributed by atoms with E-state index < -0.39 is 28.0 Å². The highest BCUT2D eigenvalue weighted by atomic mass is 32.2. The van der Waals surface area contributed by atoms with Gasteiger partial charge in [-0.25, -0.2) is 18.1 Å². The molecule has 0 radical (unpaired) electrons. The van der Waals surface area contributed by atoms with Gasteiger partial charge < -0.3 is 9.84 Å². The minimum Gasteiger partial charge on any atom is -0.481 e. The first kappa shape index (κ1) is 26.8. The topological polar surface area (TPSA) is 128 Å². The van der Waals surface area contributed by atoms with E-state index in [0.29, 0.717) is 6.54 Å². The molecule has 0 amide bonds. The summed E-state index contributed by atoms with van der Waals surface area (Å²) < 4.78 is 36.2. The van der Waals surface area contributed by atoms with Crippen molar-refractivity contribution in [1.82, 2.24) is 24.3 Å². The van der Waals surface area contributed by atoms with Crippen LogP contribution in [-0.4, -0.2) is 56.4 Å². The number of pyridine rings is 1. The first-order valence-corrected chi connectivity index (χ1v) is 14.3. The van der Waals surface area contributed by atoms with Gasteiger partial charge in [-0.15, -0.1) is 5.10 Å². The Hall–Kier alpha value is -3.83. The zero-order valence-electron chi connectivity index (χ0n) is 22.3. The zero-order chi connectivity index (χ0) is 27.9. The van der Waals surface area contributed by atoms with E-state index in [4.69, 9.17) is 4.74 Å². The van der Waals surface area contributed by atoms with Crippen LogP contribution in [-0.2, 0) is 27.9 Å². The lowest BCUT2D eigenvalue weighted by atomic mass is 9.84. The average Bonchev–Trinajstić information content (AvgIpc) is 3.29. The fourth-order valence-electron chi connectivity index (χ4n) is 5.21. The molecule has 0 fully saturated rings. The van der Waals surface area contributed by atoms with Gasteiger partial charge in [0.25, 0.3) is 0 Å². The van der Waals surface area contributed by atoms with E-state index in [1.807, 2.05) is 62.7 Å². The monoisotopic (exact) mass is 549 g/mol. The molecule has 39 heavy (non-hydrogen) atoms. The Bertz CT molecular complexity index is 1670. The van der Waals surface area contributed by atoms with Gasteiger partial charge in [0.05, 0.1) is 18.5 Å². The van der Waals surface area contributed by atoms with Gasteiger partial charge >= 0.3 is 5.97 Å². The number of carboxylic acid groups (broad SMARTS) is 1. The molecule has 1 N–H and O–H groups in total. The molecule has 0 aliphatic carbocycles. The summed E-state index contributed by atoms with van der Waals surface area (Å²) in [5, 5.41) is 18.4. The molecule has 1 aliphatic rings. The van der Waals surface area contributed by atoms with Crippen LogP contribution in [0.4, 0.5) is 0 Å². The van der Waals surface area contributed by atoms with Crippen molar-refractivity contribution in [3.63, 3.8) is 0 Å². The molecule has 11 heteroatoms. The highest BCUT2D eigenvalue weighted by Crippen LogP contribution is 2.35. The quantitative estimate of drug-likeness (QED) is 0.366. The van der Waals surface area contributed by atoms with Crippen molar-refractivity contribution < 1.29 is 23.1 Å². The Kier molecular flexibility index (Phi) is 7.13. The second-order valence-electron chi connectivity index (χ2n) is 9.92. The van der Waals surface area contributed by atoms with Crippen LogP contribution in [0.3, 0.4) is 0 Å². The number of fused-ring (bicyclic) bond motifs is 2. The van der Waals surface area contributed by atoms with Gasteiger partial charge in [-0.2, -0.15) is 4.31 Å². The van der Waals surface area contributed by atoms with Gasteiger partial charge in [-0.1, -0.05) is 29.5 Å². The fourth-order valence-corrected chi connectivity index (χ4v) is 6.77. The Balaban J connectivity index is 1.55. The number of hydrogen-bond acceptors (Lipinski definition) is 7. The maximum atomic E-state index is 13.6. The fraction of sp³-hybridized carbons (Fsp3) is 0.357. The molecule has 0 saturated carbocycles. The standard InChI is InChI=1S/C28H31N5O5S/c1-5-33-24-11-10-22(19(4)27(24)30-31-33)23(14-26(34)35)20-9-8-17(2)21(13-20)16-32-15-18(3)38-28-25(39(32,36)37)7-6-12-29-28/h6-13,18,23H,5,14-16H2,1-4H3,(H,34,35)/t18-,23?/m1/s1. The van der Waals surface area contributed by atoms with Crippen molar-refractivity contribution in [3.8, 4) is 5.88 Å². The molecular weight excluding hydrogens is 518 g/mol. The molecule has 2 aromatic carbocycles. The molecular formula is C28H31N5O5S. The summed E-state index contributed by atoms with van der Waals surface area (Å²) in [6.07, 6.45) is 0.989. The van der Waals surface area contributed by atoms with Crippen molar-refractivity contribution in [1.29, 1.82) is 0 Å². The number of benzene rings is 2. The molecule has 5 rings (SSSR count). The number of carboxylic acids is 1. The number of rotatable bonds is 7. The number of aryl methyl sites for hydroxylation is 3. The molecule has 0 saturated heterocycles.